The molecule has 2 aromatic carbocycles. The second kappa shape index (κ2) is 9.85. The average molecular weight is 434 g/mol. The zero-order valence-corrected chi connectivity index (χ0v) is 18.7. The fourth-order valence-electron chi connectivity index (χ4n) is 4.09. The lowest BCUT2D eigenvalue weighted by Crippen LogP contribution is -2.39. The summed E-state index contributed by atoms with van der Waals surface area (Å²) in [6, 6.07) is 14.8. The number of aromatic amines is 1. The van der Waals surface area contributed by atoms with Crippen molar-refractivity contribution >= 4 is 23.0 Å². The number of imidazole rings is 1. The molecule has 3 N–H and O–H groups in total. The first-order valence-electron chi connectivity index (χ1n) is 11.4. The van der Waals surface area contributed by atoms with Crippen LogP contribution < -0.4 is 10.6 Å². The zero-order chi connectivity index (χ0) is 22.5. The Kier molecular flexibility index (Phi) is 6.73. The highest BCUT2D eigenvalue weighted by molar-refractivity contribution is 5.94. The molecule has 0 radical (unpaired) electrons. The number of para-hydroxylation sites is 2. The Morgan fingerprint density at radius 2 is 1.75 bits per heavy atom. The molecule has 2 heterocycles. The van der Waals surface area contributed by atoms with Crippen molar-refractivity contribution in [2.24, 2.45) is 5.92 Å². The molecule has 1 unspecified atom stereocenters. The van der Waals surface area contributed by atoms with E-state index in [1.54, 1.807) is 0 Å². The summed E-state index contributed by atoms with van der Waals surface area (Å²) in [5.74, 6) is 1.01. The number of carbonyl (C=O) groups is 2. The summed E-state index contributed by atoms with van der Waals surface area (Å²) in [7, 11) is 0. The summed E-state index contributed by atoms with van der Waals surface area (Å²) in [6.07, 6.45) is 3.35. The molecule has 1 atom stereocenters. The van der Waals surface area contributed by atoms with Gasteiger partial charge in [-0.1, -0.05) is 38.1 Å². The minimum Gasteiger partial charge on any atom is -0.340 e. The molecule has 1 aromatic heterocycles. The number of urea groups is 1. The normalized spacial score (nSPS) is 15.0. The van der Waals surface area contributed by atoms with E-state index >= 15 is 0 Å². The highest BCUT2D eigenvalue weighted by Gasteiger charge is 2.22. The van der Waals surface area contributed by atoms with E-state index in [0.717, 1.165) is 48.4 Å². The first-order valence-corrected chi connectivity index (χ1v) is 11.4. The minimum absolute atomic E-state index is 0.0903. The summed E-state index contributed by atoms with van der Waals surface area (Å²) in [4.78, 5) is 35.0. The maximum Gasteiger partial charge on any atom is 0.315 e. The predicted molar refractivity (Wildman–Crippen MR) is 125 cm³/mol. The first-order chi connectivity index (χ1) is 15.5. The van der Waals surface area contributed by atoms with Crippen LogP contribution in [0.2, 0.25) is 0 Å². The third kappa shape index (κ3) is 5.10. The molecule has 1 saturated heterocycles. The summed E-state index contributed by atoms with van der Waals surface area (Å²) >= 11 is 0. The van der Waals surface area contributed by atoms with Crippen molar-refractivity contribution in [2.75, 3.05) is 13.1 Å². The maximum atomic E-state index is 12.6. The number of aromatic nitrogens is 2. The number of hydrogen-bond donors (Lipinski definition) is 3. The number of nitrogens with one attached hydrogen (secondary N) is 3. The van der Waals surface area contributed by atoms with Crippen LogP contribution in [0.15, 0.2) is 48.5 Å². The van der Waals surface area contributed by atoms with Crippen LogP contribution in [0.25, 0.3) is 11.0 Å². The minimum atomic E-state index is -0.252. The Bertz CT molecular complexity index is 1030. The lowest BCUT2D eigenvalue weighted by Gasteiger charge is -2.26. The number of carbonyl (C=O) groups excluding carboxylic acids is 2. The van der Waals surface area contributed by atoms with Gasteiger partial charge in [0.05, 0.1) is 17.1 Å². The Morgan fingerprint density at radius 3 is 2.44 bits per heavy atom. The van der Waals surface area contributed by atoms with Crippen molar-refractivity contribution in [3.63, 3.8) is 0 Å². The van der Waals surface area contributed by atoms with Crippen LogP contribution in [0.1, 0.15) is 60.9 Å². The van der Waals surface area contributed by atoms with Gasteiger partial charge in [0.25, 0.3) is 5.91 Å². The maximum absolute atomic E-state index is 12.6. The fraction of sp³-hybridized carbons (Fsp3) is 0.400. The first kappa shape index (κ1) is 21.9. The van der Waals surface area contributed by atoms with Gasteiger partial charge in [-0.25, -0.2) is 9.78 Å². The Balaban J connectivity index is 1.33. The monoisotopic (exact) mass is 433 g/mol. The topological polar surface area (TPSA) is 90.1 Å². The number of rotatable bonds is 6. The highest BCUT2D eigenvalue weighted by atomic mass is 16.2. The van der Waals surface area contributed by atoms with Crippen LogP contribution >= 0.6 is 0 Å². The van der Waals surface area contributed by atoms with E-state index in [9.17, 15) is 9.59 Å². The van der Waals surface area contributed by atoms with Crippen molar-refractivity contribution in [2.45, 2.75) is 45.7 Å². The molecular weight excluding hydrogens is 402 g/mol. The predicted octanol–water partition coefficient (Wildman–Crippen LogP) is 4.39. The highest BCUT2D eigenvalue weighted by Crippen LogP contribution is 2.22. The number of likely N-dealkylation sites (tertiary alicyclic amines) is 1. The quantitative estimate of drug-likeness (QED) is 0.539. The molecule has 1 fully saturated rings. The van der Waals surface area contributed by atoms with Crippen LogP contribution in [0.4, 0.5) is 4.79 Å². The average Bonchev–Trinajstić information content (AvgIpc) is 3.25. The van der Waals surface area contributed by atoms with Gasteiger partial charge in [0.1, 0.15) is 5.82 Å². The van der Waals surface area contributed by atoms with Gasteiger partial charge in [-0.2, -0.15) is 0 Å². The van der Waals surface area contributed by atoms with Crippen LogP contribution in [-0.4, -0.2) is 39.9 Å². The molecule has 7 heteroatoms. The standard InChI is InChI=1S/C25H31N5O2/c1-17(2)22(23-27-20-8-4-5-9-21(20)28-23)29-25(32)26-16-18-10-12-19(13-11-18)24(31)30-14-6-3-7-15-30/h4-5,8-13,17,22H,3,6-7,14-16H2,1-2H3,(H,27,28)(H2,26,29,32). The van der Waals surface area contributed by atoms with E-state index in [2.05, 4.69) is 34.4 Å². The molecule has 32 heavy (non-hydrogen) atoms. The van der Waals surface area contributed by atoms with Gasteiger partial charge in [-0.15, -0.1) is 0 Å². The van der Waals surface area contributed by atoms with Crippen LogP contribution in [0.3, 0.4) is 0 Å². The van der Waals surface area contributed by atoms with Gasteiger partial charge in [0.15, 0.2) is 0 Å². The molecule has 1 aliphatic heterocycles. The van der Waals surface area contributed by atoms with Crippen LogP contribution in [0.5, 0.6) is 0 Å². The summed E-state index contributed by atoms with van der Waals surface area (Å²) in [6.45, 7) is 6.16. The van der Waals surface area contributed by atoms with Gasteiger partial charge < -0.3 is 20.5 Å². The number of nitrogens with zero attached hydrogens (tertiary/aromatic N) is 2. The number of H-pyrrole nitrogens is 1. The summed E-state index contributed by atoms with van der Waals surface area (Å²) < 4.78 is 0. The van der Waals surface area contributed by atoms with E-state index in [1.807, 2.05) is 53.4 Å². The van der Waals surface area contributed by atoms with Crippen LogP contribution in [0, 0.1) is 5.92 Å². The van der Waals surface area contributed by atoms with Gasteiger partial charge in [-0.3, -0.25) is 4.79 Å². The van der Waals surface area contributed by atoms with E-state index < -0.39 is 0 Å². The second-order valence-electron chi connectivity index (χ2n) is 8.74. The van der Waals surface area contributed by atoms with E-state index in [4.69, 9.17) is 0 Å². The van der Waals surface area contributed by atoms with Gasteiger partial charge in [0.2, 0.25) is 0 Å². The van der Waals surface area contributed by atoms with Crippen LogP contribution in [-0.2, 0) is 6.54 Å². The number of amides is 3. The third-order valence-electron chi connectivity index (χ3n) is 5.95. The fourth-order valence-corrected chi connectivity index (χ4v) is 4.09. The number of piperidine rings is 1. The Morgan fingerprint density at radius 1 is 1.03 bits per heavy atom. The number of benzene rings is 2. The molecule has 168 valence electrons. The second-order valence-corrected chi connectivity index (χ2v) is 8.74. The van der Waals surface area contributed by atoms with Crippen molar-refractivity contribution in [1.29, 1.82) is 0 Å². The molecule has 3 amide bonds. The van der Waals surface area contributed by atoms with Gasteiger partial charge in [-0.05, 0) is 55.0 Å². The smallest absolute Gasteiger partial charge is 0.315 e. The van der Waals surface area contributed by atoms with Gasteiger partial charge in [0, 0.05) is 25.2 Å². The largest absolute Gasteiger partial charge is 0.340 e. The molecule has 1 aliphatic rings. The van der Waals surface area contributed by atoms with E-state index in [0.29, 0.717) is 12.1 Å². The molecule has 0 saturated carbocycles. The lowest BCUT2D eigenvalue weighted by molar-refractivity contribution is 0.0724. The molecule has 0 spiro atoms. The molecular formula is C25H31N5O2. The number of hydrogen-bond acceptors (Lipinski definition) is 3. The van der Waals surface area contributed by atoms with Gasteiger partial charge >= 0.3 is 6.03 Å². The number of fused-ring (bicyclic) bond motifs is 1. The molecule has 0 bridgehead atoms. The Hall–Kier alpha value is -3.35. The Labute approximate surface area is 188 Å². The summed E-state index contributed by atoms with van der Waals surface area (Å²) in [5.41, 5.74) is 3.48. The van der Waals surface area contributed by atoms with E-state index in [1.165, 1.54) is 6.42 Å². The zero-order valence-electron chi connectivity index (χ0n) is 18.7. The SMILES string of the molecule is CC(C)C(NC(=O)NCc1ccc(C(=O)N2CCCCC2)cc1)c1nc2ccccc2[nH]1. The molecule has 0 aliphatic carbocycles. The molecule has 3 aromatic rings. The third-order valence-corrected chi connectivity index (χ3v) is 5.95. The molecule has 7 nitrogen and oxygen atoms in total. The van der Waals surface area contributed by atoms with E-state index in [-0.39, 0.29) is 23.9 Å². The molecule has 4 rings (SSSR count). The van der Waals surface area contributed by atoms with Crippen molar-refractivity contribution < 1.29 is 9.59 Å². The lowest BCUT2D eigenvalue weighted by atomic mass is 10.0. The van der Waals surface area contributed by atoms with Crippen molar-refractivity contribution in [3.05, 3.63) is 65.5 Å². The van der Waals surface area contributed by atoms with Crippen molar-refractivity contribution in [1.82, 2.24) is 25.5 Å². The summed E-state index contributed by atoms with van der Waals surface area (Å²) in [5, 5.41) is 5.94. The van der Waals surface area contributed by atoms with Crippen molar-refractivity contribution in [3.8, 4) is 0 Å².